The predicted molar refractivity (Wildman–Crippen MR) is 42.8 cm³/mol. The Bertz CT molecular complexity index is 257. The maximum absolute atomic E-state index is 11.5. The highest BCUT2D eigenvalue weighted by molar-refractivity contribution is 6.29. The molecule has 0 amide bonds. The van der Waals surface area contributed by atoms with E-state index >= 15 is 0 Å². The number of carbonyl (C=O) groups is 2. The number of hydrogen-bond donors (Lipinski definition) is 0. The fourth-order valence-electron chi connectivity index (χ4n) is 0.554. The molecule has 15 heavy (non-hydrogen) atoms. The van der Waals surface area contributed by atoms with Gasteiger partial charge in [0.05, 0.1) is 6.61 Å². The van der Waals surface area contributed by atoms with Gasteiger partial charge in [-0.1, -0.05) is 0 Å². The molecule has 0 aromatic carbocycles. The second-order valence-corrected chi connectivity index (χ2v) is 2.26. The number of rotatable bonds is 3. The molecular formula is C8H9F3O4. The van der Waals surface area contributed by atoms with Crippen molar-refractivity contribution in [1.82, 2.24) is 0 Å². The van der Waals surface area contributed by atoms with Crippen LogP contribution in [0.15, 0.2) is 12.2 Å². The van der Waals surface area contributed by atoms with Crippen LogP contribution in [0, 0.1) is 0 Å². The summed E-state index contributed by atoms with van der Waals surface area (Å²) < 4.78 is 43.0. The highest BCUT2D eigenvalue weighted by atomic mass is 19.4. The van der Waals surface area contributed by atoms with Crippen molar-refractivity contribution in [2.24, 2.45) is 0 Å². The van der Waals surface area contributed by atoms with Crippen molar-refractivity contribution in [3.63, 3.8) is 0 Å². The van der Waals surface area contributed by atoms with Crippen molar-refractivity contribution in [3.8, 4) is 0 Å². The van der Waals surface area contributed by atoms with Crippen LogP contribution < -0.4 is 0 Å². The Hall–Kier alpha value is -1.53. The largest absolute Gasteiger partial charge is 0.458 e. The summed E-state index contributed by atoms with van der Waals surface area (Å²) in [6.45, 7) is 0.845. The quantitative estimate of drug-likeness (QED) is 0.412. The lowest BCUT2D eigenvalue weighted by Crippen LogP contribution is -2.20. The highest BCUT2D eigenvalue weighted by Gasteiger charge is 2.22. The van der Waals surface area contributed by atoms with Gasteiger partial charge in [0.1, 0.15) is 6.61 Å². The molecule has 0 fully saturated rings. The van der Waals surface area contributed by atoms with Crippen LogP contribution in [-0.4, -0.2) is 31.3 Å². The summed E-state index contributed by atoms with van der Waals surface area (Å²) in [4.78, 5) is 21.2. The molecule has 0 aromatic rings. The van der Waals surface area contributed by atoms with Gasteiger partial charge in [-0.25, -0.2) is 9.59 Å². The topological polar surface area (TPSA) is 52.6 Å². The van der Waals surface area contributed by atoms with E-state index in [1.165, 1.54) is 6.92 Å². The molecule has 0 atom stereocenters. The molecule has 0 aliphatic carbocycles. The number of alkyl halides is 3. The number of hydrogen-bond acceptors (Lipinski definition) is 4. The molecule has 4 nitrogen and oxygen atoms in total. The molecule has 0 aromatic heterocycles. The standard InChI is InChI=1S/C8H9F3O4/c1-2-14-6(12)7(13)15-5-3-4-8(9,10)11/h3-4H,2,5H2,1H3/b4-3+. The van der Waals surface area contributed by atoms with Crippen molar-refractivity contribution < 1.29 is 32.2 Å². The minimum absolute atomic E-state index is 0.00762. The lowest BCUT2D eigenvalue weighted by molar-refractivity contribution is -0.166. The van der Waals surface area contributed by atoms with Crippen LogP contribution in [0.3, 0.4) is 0 Å². The average molecular weight is 226 g/mol. The summed E-state index contributed by atoms with van der Waals surface area (Å²) in [5.41, 5.74) is 0. The molecule has 0 aliphatic heterocycles. The number of allylic oxidation sites excluding steroid dienone is 1. The molecule has 0 heterocycles. The average Bonchev–Trinajstić information content (AvgIpc) is 2.11. The molecular weight excluding hydrogens is 217 g/mol. The van der Waals surface area contributed by atoms with E-state index in [-0.39, 0.29) is 12.7 Å². The molecule has 0 spiro atoms. The molecule has 0 rings (SSSR count). The van der Waals surface area contributed by atoms with Crippen molar-refractivity contribution in [2.45, 2.75) is 13.1 Å². The fourth-order valence-corrected chi connectivity index (χ4v) is 0.554. The van der Waals surface area contributed by atoms with E-state index in [2.05, 4.69) is 9.47 Å². The van der Waals surface area contributed by atoms with Crippen LogP contribution in [-0.2, 0) is 19.1 Å². The molecule has 0 aliphatic rings. The lowest BCUT2D eigenvalue weighted by Gasteiger charge is -2.01. The first-order chi connectivity index (χ1) is 6.87. The smallest absolute Gasteiger partial charge is 0.417 e. The first-order valence-electron chi connectivity index (χ1n) is 3.95. The molecule has 0 radical (unpaired) electrons. The van der Waals surface area contributed by atoms with Crippen LogP contribution in [0.4, 0.5) is 13.2 Å². The molecule has 86 valence electrons. The van der Waals surface area contributed by atoms with Gasteiger partial charge in [0.2, 0.25) is 0 Å². The molecule has 0 unspecified atom stereocenters. The van der Waals surface area contributed by atoms with Gasteiger partial charge in [-0.3, -0.25) is 0 Å². The van der Waals surface area contributed by atoms with Crippen molar-refractivity contribution in [1.29, 1.82) is 0 Å². The normalized spacial score (nSPS) is 11.5. The third-order valence-corrected chi connectivity index (χ3v) is 1.06. The van der Waals surface area contributed by atoms with E-state index in [0.717, 1.165) is 0 Å². The first kappa shape index (κ1) is 13.5. The Kier molecular flexibility index (Phi) is 5.43. The Morgan fingerprint density at radius 2 is 1.73 bits per heavy atom. The summed E-state index contributed by atoms with van der Waals surface area (Å²) in [6.07, 6.45) is -3.97. The zero-order valence-electron chi connectivity index (χ0n) is 7.84. The van der Waals surface area contributed by atoms with Gasteiger partial charge in [-0.15, -0.1) is 0 Å². The summed E-state index contributed by atoms with van der Waals surface area (Å²) in [6, 6.07) is 0. The second kappa shape index (κ2) is 6.05. The summed E-state index contributed by atoms with van der Waals surface area (Å²) in [7, 11) is 0. The van der Waals surface area contributed by atoms with Crippen molar-refractivity contribution in [3.05, 3.63) is 12.2 Å². The van der Waals surface area contributed by atoms with Gasteiger partial charge in [-0.05, 0) is 13.0 Å². The third kappa shape index (κ3) is 7.53. The minimum Gasteiger partial charge on any atom is -0.458 e. The number of esters is 2. The third-order valence-electron chi connectivity index (χ3n) is 1.06. The van der Waals surface area contributed by atoms with Crippen molar-refractivity contribution >= 4 is 11.9 Å². The van der Waals surface area contributed by atoms with E-state index in [9.17, 15) is 22.8 Å². The number of ether oxygens (including phenoxy) is 2. The monoisotopic (exact) mass is 226 g/mol. The first-order valence-corrected chi connectivity index (χ1v) is 3.95. The van der Waals surface area contributed by atoms with Crippen LogP contribution in [0.25, 0.3) is 0 Å². The number of halogens is 3. The van der Waals surface area contributed by atoms with E-state index in [1.54, 1.807) is 0 Å². The van der Waals surface area contributed by atoms with E-state index < -0.39 is 24.7 Å². The molecule has 7 heteroatoms. The maximum atomic E-state index is 11.5. The van der Waals surface area contributed by atoms with Gasteiger partial charge in [0.25, 0.3) is 0 Å². The zero-order chi connectivity index (χ0) is 11.9. The van der Waals surface area contributed by atoms with Crippen LogP contribution >= 0.6 is 0 Å². The fraction of sp³-hybridized carbons (Fsp3) is 0.500. The Morgan fingerprint density at radius 3 is 2.20 bits per heavy atom. The summed E-state index contributed by atoms with van der Waals surface area (Å²) in [5.74, 6) is -2.54. The summed E-state index contributed by atoms with van der Waals surface area (Å²) in [5, 5.41) is 0. The van der Waals surface area contributed by atoms with Crippen LogP contribution in [0.2, 0.25) is 0 Å². The molecule has 0 bridgehead atoms. The van der Waals surface area contributed by atoms with Gasteiger partial charge < -0.3 is 9.47 Å². The molecule has 0 saturated heterocycles. The Labute approximate surface area is 83.7 Å². The number of carbonyl (C=O) groups excluding carboxylic acids is 2. The highest BCUT2D eigenvalue weighted by Crippen LogP contribution is 2.15. The Morgan fingerprint density at radius 1 is 1.20 bits per heavy atom. The zero-order valence-corrected chi connectivity index (χ0v) is 7.84. The summed E-state index contributed by atoms with van der Waals surface area (Å²) >= 11 is 0. The van der Waals surface area contributed by atoms with Crippen LogP contribution in [0.5, 0.6) is 0 Å². The minimum atomic E-state index is -4.46. The van der Waals surface area contributed by atoms with E-state index in [0.29, 0.717) is 6.08 Å². The molecule has 0 N–H and O–H groups in total. The van der Waals surface area contributed by atoms with Gasteiger partial charge >= 0.3 is 18.1 Å². The predicted octanol–water partition coefficient (Wildman–Crippen LogP) is 1.21. The molecule has 0 saturated carbocycles. The van der Waals surface area contributed by atoms with E-state index in [1.807, 2.05) is 0 Å². The van der Waals surface area contributed by atoms with Gasteiger partial charge in [-0.2, -0.15) is 13.2 Å². The van der Waals surface area contributed by atoms with Crippen molar-refractivity contribution in [2.75, 3.05) is 13.2 Å². The van der Waals surface area contributed by atoms with E-state index in [4.69, 9.17) is 0 Å². The van der Waals surface area contributed by atoms with Crippen LogP contribution in [0.1, 0.15) is 6.92 Å². The maximum Gasteiger partial charge on any atom is 0.417 e. The van der Waals surface area contributed by atoms with Gasteiger partial charge in [0, 0.05) is 6.08 Å². The van der Waals surface area contributed by atoms with Gasteiger partial charge in [0.15, 0.2) is 0 Å². The SMILES string of the molecule is CCOC(=O)C(=O)OC/C=C/C(F)(F)F. The Balaban J connectivity index is 3.83. The second-order valence-electron chi connectivity index (χ2n) is 2.26. The lowest BCUT2D eigenvalue weighted by atomic mass is 10.5.